The molecule has 0 saturated carbocycles. The van der Waals surface area contributed by atoms with E-state index in [1.165, 1.54) is 0 Å². The van der Waals surface area contributed by atoms with Crippen LogP contribution in [-0.4, -0.2) is 21.5 Å². The van der Waals surface area contributed by atoms with Gasteiger partial charge in [-0.15, -0.1) is 0 Å². The van der Waals surface area contributed by atoms with Crippen molar-refractivity contribution in [3.05, 3.63) is 34.9 Å². The molecule has 0 heterocycles. The molecule has 0 fully saturated rings. The highest BCUT2D eigenvalue weighted by molar-refractivity contribution is 9.09. The number of carboxylic acid groups (broad SMARTS) is 1. The molecule has 1 aromatic rings. The lowest BCUT2D eigenvalue weighted by Gasteiger charge is -2.11. The molecule has 88 valence electrons. The van der Waals surface area contributed by atoms with E-state index < -0.39 is 12.1 Å². The van der Waals surface area contributed by atoms with Gasteiger partial charge in [0.25, 0.3) is 0 Å². The summed E-state index contributed by atoms with van der Waals surface area (Å²) < 4.78 is 0. The largest absolute Gasteiger partial charge is 0.479 e. The zero-order chi connectivity index (χ0) is 12.1. The van der Waals surface area contributed by atoms with Crippen molar-refractivity contribution in [2.45, 2.75) is 25.9 Å². The Labute approximate surface area is 103 Å². The maximum absolute atomic E-state index is 10.7. The van der Waals surface area contributed by atoms with Gasteiger partial charge in [-0.1, -0.05) is 34.1 Å². The van der Waals surface area contributed by atoms with Crippen LogP contribution < -0.4 is 0 Å². The van der Waals surface area contributed by atoms with Gasteiger partial charge in [-0.05, 0) is 36.5 Å². The summed E-state index contributed by atoms with van der Waals surface area (Å²) in [6.07, 6.45) is 0.445. The average Bonchev–Trinajstić information content (AvgIpc) is 2.27. The predicted molar refractivity (Wildman–Crippen MR) is 65.9 cm³/mol. The molecular weight excluding hydrogens is 272 g/mol. The van der Waals surface area contributed by atoms with Crippen LogP contribution in [0, 0.1) is 6.92 Å². The van der Waals surface area contributed by atoms with Crippen LogP contribution in [-0.2, 0) is 11.2 Å². The highest BCUT2D eigenvalue weighted by atomic mass is 79.9. The number of hydrogen-bond acceptors (Lipinski definition) is 2. The van der Waals surface area contributed by atoms with E-state index in [4.69, 9.17) is 5.11 Å². The third kappa shape index (κ3) is 3.32. The minimum Gasteiger partial charge on any atom is -0.479 e. The van der Waals surface area contributed by atoms with E-state index in [-0.39, 0.29) is 0 Å². The van der Waals surface area contributed by atoms with Gasteiger partial charge in [0.2, 0.25) is 0 Å². The highest BCUT2D eigenvalue weighted by Crippen LogP contribution is 2.20. The van der Waals surface area contributed by atoms with Crippen LogP contribution >= 0.6 is 15.9 Å². The number of benzene rings is 1. The van der Waals surface area contributed by atoms with Crippen molar-refractivity contribution in [1.82, 2.24) is 0 Å². The second kappa shape index (κ2) is 6.01. The molecule has 0 spiro atoms. The van der Waals surface area contributed by atoms with E-state index in [0.29, 0.717) is 5.56 Å². The van der Waals surface area contributed by atoms with E-state index in [2.05, 4.69) is 15.9 Å². The van der Waals surface area contributed by atoms with Gasteiger partial charge < -0.3 is 10.2 Å². The van der Waals surface area contributed by atoms with Crippen molar-refractivity contribution in [1.29, 1.82) is 0 Å². The van der Waals surface area contributed by atoms with Crippen molar-refractivity contribution in [3.8, 4) is 0 Å². The number of aliphatic carboxylic acids is 1. The van der Waals surface area contributed by atoms with Gasteiger partial charge in [0, 0.05) is 5.33 Å². The summed E-state index contributed by atoms with van der Waals surface area (Å²) in [7, 11) is 0. The first-order chi connectivity index (χ1) is 7.56. The first-order valence-corrected chi connectivity index (χ1v) is 6.24. The van der Waals surface area contributed by atoms with Gasteiger partial charge in [-0.2, -0.15) is 0 Å². The first kappa shape index (κ1) is 13.2. The molecule has 4 heteroatoms. The Morgan fingerprint density at radius 1 is 1.50 bits per heavy atom. The van der Waals surface area contributed by atoms with E-state index in [9.17, 15) is 9.90 Å². The molecule has 1 rings (SSSR count). The molecule has 1 unspecified atom stereocenters. The molecule has 16 heavy (non-hydrogen) atoms. The van der Waals surface area contributed by atoms with Crippen molar-refractivity contribution >= 4 is 21.9 Å². The number of aliphatic hydroxyl groups is 1. The fourth-order valence-corrected chi connectivity index (χ4v) is 1.82. The Morgan fingerprint density at radius 3 is 2.75 bits per heavy atom. The highest BCUT2D eigenvalue weighted by Gasteiger charge is 2.18. The van der Waals surface area contributed by atoms with E-state index in [0.717, 1.165) is 29.3 Å². The molecule has 0 radical (unpaired) electrons. The Hall–Kier alpha value is -0.870. The quantitative estimate of drug-likeness (QED) is 0.818. The maximum atomic E-state index is 10.7. The fourth-order valence-electron chi connectivity index (χ4n) is 1.54. The molecule has 1 aromatic carbocycles. The molecule has 0 saturated heterocycles. The lowest BCUT2D eigenvalue weighted by Crippen LogP contribution is -2.12. The normalized spacial score (nSPS) is 12.4. The second-order valence-corrected chi connectivity index (χ2v) is 4.52. The average molecular weight is 287 g/mol. The number of aryl methyl sites for hydroxylation is 2. The van der Waals surface area contributed by atoms with E-state index >= 15 is 0 Å². The number of rotatable bonds is 5. The van der Waals surface area contributed by atoms with Crippen LogP contribution in [0.5, 0.6) is 0 Å². The number of alkyl halides is 1. The lowest BCUT2D eigenvalue weighted by molar-refractivity contribution is -0.147. The SMILES string of the molecule is Cc1ccc(CCCBr)cc1C(O)C(=O)O. The van der Waals surface area contributed by atoms with Crippen molar-refractivity contribution in [3.63, 3.8) is 0 Å². The topological polar surface area (TPSA) is 57.5 Å². The number of halogens is 1. The first-order valence-electron chi connectivity index (χ1n) is 5.12. The Balaban J connectivity index is 2.94. The smallest absolute Gasteiger partial charge is 0.337 e. The minimum absolute atomic E-state index is 0.486. The van der Waals surface area contributed by atoms with Crippen molar-refractivity contribution < 1.29 is 15.0 Å². The molecule has 0 bridgehead atoms. The van der Waals surface area contributed by atoms with E-state index in [1.807, 2.05) is 12.1 Å². The van der Waals surface area contributed by atoms with Gasteiger partial charge in [0.05, 0.1) is 0 Å². The van der Waals surface area contributed by atoms with E-state index in [1.54, 1.807) is 13.0 Å². The summed E-state index contributed by atoms with van der Waals surface area (Å²) in [5.74, 6) is -1.21. The van der Waals surface area contributed by atoms with Crippen molar-refractivity contribution in [2.24, 2.45) is 0 Å². The van der Waals surface area contributed by atoms with Crippen LogP contribution in [0.3, 0.4) is 0 Å². The minimum atomic E-state index is -1.43. The molecule has 0 aliphatic carbocycles. The summed E-state index contributed by atoms with van der Waals surface area (Å²) in [6, 6.07) is 5.60. The Bertz CT molecular complexity index is 377. The summed E-state index contributed by atoms with van der Waals surface area (Å²) in [5, 5.41) is 19.2. The summed E-state index contributed by atoms with van der Waals surface area (Å²) in [5.41, 5.74) is 2.34. The fraction of sp³-hybridized carbons (Fsp3) is 0.417. The Morgan fingerprint density at radius 2 is 2.19 bits per heavy atom. The van der Waals surface area contributed by atoms with Gasteiger partial charge >= 0.3 is 5.97 Å². The number of carboxylic acids is 1. The summed E-state index contributed by atoms with van der Waals surface area (Å²) in [4.78, 5) is 10.7. The standard InChI is InChI=1S/C12H15BrO3/c1-8-4-5-9(3-2-6-13)7-10(8)11(14)12(15)16/h4-5,7,11,14H,2-3,6H2,1H3,(H,15,16). The molecule has 0 aromatic heterocycles. The van der Waals surface area contributed by atoms with Gasteiger partial charge in [0.15, 0.2) is 6.10 Å². The number of carbonyl (C=O) groups is 1. The van der Waals surface area contributed by atoms with Gasteiger partial charge in [-0.25, -0.2) is 4.79 Å². The zero-order valence-corrected chi connectivity index (χ0v) is 10.7. The van der Waals surface area contributed by atoms with Crippen LogP contribution in [0.2, 0.25) is 0 Å². The predicted octanol–water partition coefficient (Wildman–Crippen LogP) is 2.44. The number of hydrogen-bond donors (Lipinski definition) is 2. The molecule has 0 amide bonds. The molecule has 0 aliphatic rings. The van der Waals surface area contributed by atoms with Crippen LogP contribution in [0.1, 0.15) is 29.2 Å². The molecular formula is C12H15BrO3. The zero-order valence-electron chi connectivity index (χ0n) is 9.11. The summed E-state index contributed by atoms with van der Waals surface area (Å²) in [6.45, 7) is 1.80. The monoisotopic (exact) mass is 286 g/mol. The second-order valence-electron chi connectivity index (χ2n) is 3.72. The maximum Gasteiger partial charge on any atom is 0.337 e. The third-order valence-corrected chi connectivity index (χ3v) is 3.03. The summed E-state index contributed by atoms with van der Waals surface area (Å²) >= 11 is 3.35. The molecule has 3 nitrogen and oxygen atoms in total. The van der Waals surface area contributed by atoms with Gasteiger partial charge in [-0.3, -0.25) is 0 Å². The van der Waals surface area contributed by atoms with Crippen LogP contribution in [0.15, 0.2) is 18.2 Å². The number of aliphatic hydroxyl groups excluding tert-OH is 1. The van der Waals surface area contributed by atoms with Gasteiger partial charge in [0.1, 0.15) is 0 Å². The third-order valence-electron chi connectivity index (χ3n) is 2.47. The van der Waals surface area contributed by atoms with Crippen molar-refractivity contribution in [2.75, 3.05) is 5.33 Å². The molecule has 2 N–H and O–H groups in total. The molecule has 1 atom stereocenters. The Kier molecular flexibility index (Phi) is 4.96. The van der Waals surface area contributed by atoms with Crippen LogP contribution in [0.4, 0.5) is 0 Å². The molecule has 0 aliphatic heterocycles. The van der Waals surface area contributed by atoms with Crippen LogP contribution in [0.25, 0.3) is 0 Å². The lowest BCUT2D eigenvalue weighted by atomic mass is 9.98.